The molecule has 1 saturated carbocycles. The van der Waals surface area contributed by atoms with Gasteiger partial charge in [0.1, 0.15) is 0 Å². The molecular formula is C14H20ClNS. The molecule has 0 amide bonds. The first-order valence-electron chi connectivity index (χ1n) is 6.36. The third kappa shape index (κ3) is 3.90. The molecule has 1 aromatic carbocycles. The zero-order valence-electron chi connectivity index (χ0n) is 10.3. The summed E-state index contributed by atoms with van der Waals surface area (Å²) in [6.45, 7) is 2.05. The molecule has 1 atom stereocenters. The standard InChI is InChI=1S/C14H20ClNS/c1-10(16)8-11-6-7-12(15)9-14(11)17-13-4-2-3-5-13/h6-7,9-10,13H,2-5,8,16H2,1H3. The predicted molar refractivity (Wildman–Crippen MR) is 76.9 cm³/mol. The number of hydrogen-bond donors (Lipinski definition) is 1. The van der Waals surface area contributed by atoms with E-state index < -0.39 is 0 Å². The van der Waals surface area contributed by atoms with Gasteiger partial charge in [-0.2, -0.15) is 0 Å². The van der Waals surface area contributed by atoms with Gasteiger partial charge in [-0.05, 0) is 43.9 Å². The van der Waals surface area contributed by atoms with Crippen LogP contribution in [0, 0.1) is 0 Å². The second-order valence-electron chi connectivity index (χ2n) is 4.96. The zero-order chi connectivity index (χ0) is 12.3. The highest BCUT2D eigenvalue weighted by Gasteiger charge is 2.18. The van der Waals surface area contributed by atoms with Crippen molar-refractivity contribution >= 4 is 23.4 Å². The molecule has 1 fully saturated rings. The van der Waals surface area contributed by atoms with Crippen LogP contribution in [0.1, 0.15) is 38.2 Å². The number of rotatable bonds is 4. The van der Waals surface area contributed by atoms with Crippen LogP contribution >= 0.6 is 23.4 Å². The third-order valence-corrected chi connectivity index (χ3v) is 4.84. The maximum Gasteiger partial charge on any atom is 0.0417 e. The van der Waals surface area contributed by atoms with Crippen molar-refractivity contribution in [3.05, 3.63) is 28.8 Å². The fraction of sp³-hybridized carbons (Fsp3) is 0.571. The first-order chi connectivity index (χ1) is 8.15. The summed E-state index contributed by atoms with van der Waals surface area (Å²) in [5, 5.41) is 1.61. The minimum Gasteiger partial charge on any atom is -0.328 e. The van der Waals surface area contributed by atoms with E-state index in [-0.39, 0.29) is 6.04 Å². The van der Waals surface area contributed by atoms with E-state index in [1.807, 2.05) is 17.8 Å². The minimum absolute atomic E-state index is 0.208. The van der Waals surface area contributed by atoms with E-state index in [0.29, 0.717) is 0 Å². The molecule has 0 aliphatic heterocycles. The molecule has 0 saturated heterocycles. The molecule has 1 aliphatic rings. The van der Waals surface area contributed by atoms with Gasteiger partial charge in [-0.15, -0.1) is 11.8 Å². The van der Waals surface area contributed by atoms with E-state index in [1.54, 1.807) is 0 Å². The molecule has 0 spiro atoms. The van der Waals surface area contributed by atoms with Crippen molar-refractivity contribution < 1.29 is 0 Å². The van der Waals surface area contributed by atoms with Crippen LogP contribution in [-0.2, 0) is 6.42 Å². The highest BCUT2D eigenvalue weighted by Crippen LogP contribution is 2.37. The van der Waals surface area contributed by atoms with E-state index in [1.165, 1.54) is 36.1 Å². The molecule has 2 N–H and O–H groups in total. The van der Waals surface area contributed by atoms with Crippen LogP contribution in [0.15, 0.2) is 23.1 Å². The largest absolute Gasteiger partial charge is 0.328 e. The van der Waals surface area contributed by atoms with Crippen molar-refractivity contribution in [2.75, 3.05) is 0 Å². The second kappa shape index (κ2) is 6.12. The van der Waals surface area contributed by atoms with Gasteiger partial charge in [0.2, 0.25) is 0 Å². The Hall–Kier alpha value is -0.180. The molecule has 0 radical (unpaired) electrons. The maximum atomic E-state index is 6.09. The van der Waals surface area contributed by atoms with E-state index in [9.17, 15) is 0 Å². The lowest BCUT2D eigenvalue weighted by Gasteiger charge is -2.15. The van der Waals surface area contributed by atoms with Crippen LogP contribution in [0.3, 0.4) is 0 Å². The van der Waals surface area contributed by atoms with Gasteiger partial charge in [0, 0.05) is 21.2 Å². The average molecular weight is 270 g/mol. The maximum absolute atomic E-state index is 6.09. The first kappa shape index (κ1) is 13.3. The quantitative estimate of drug-likeness (QED) is 0.884. The summed E-state index contributed by atoms with van der Waals surface area (Å²) in [5.74, 6) is 0. The number of halogens is 1. The van der Waals surface area contributed by atoms with Crippen LogP contribution in [0.25, 0.3) is 0 Å². The molecule has 17 heavy (non-hydrogen) atoms. The van der Waals surface area contributed by atoms with E-state index in [2.05, 4.69) is 19.1 Å². The Morgan fingerprint density at radius 1 is 1.41 bits per heavy atom. The Labute approximate surface area is 113 Å². The summed E-state index contributed by atoms with van der Waals surface area (Å²) in [5.41, 5.74) is 7.25. The van der Waals surface area contributed by atoms with Crippen LogP contribution < -0.4 is 5.73 Å². The Morgan fingerprint density at radius 2 is 2.12 bits per heavy atom. The molecule has 3 heteroatoms. The molecule has 2 rings (SSSR count). The summed E-state index contributed by atoms with van der Waals surface area (Å²) in [7, 11) is 0. The topological polar surface area (TPSA) is 26.0 Å². The lowest BCUT2D eigenvalue weighted by atomic mass is 10.1. The third-order valence-electron chi connectivity index (χ3n) is 3.17. The summed E-state index contributed by atoms with van der Waals surface area (Å²) < 4.78 is 0. The van der Waals surface area contributed by atoms with Crippen LogP contribution in [0.4, 0.5) is 0 Å². The van der Waals surface area contributed by atoms with Crippen molar-refractivity contribution in [1.82, 2.24) is 0 Å². The monoisotopic (exact) mass is 269 g/mol. The number of nitrogens with two attached hydrogens (primary N) is 1. The normalized spacial score (nSPS) is 18.5. The fourth-order valence-electron chi connectivity index (χ4n) is 2.34. The zero-order valence-corrected chi connectivity index (χ0v) is 11.9. The van der Waals surface area contributed by atoms with Crippen LogP contribution in [0.5, 0.6) is 0 Å². The molecule has 0 aromatic heterocycles. The van der Waals surface area contributed by atoms with Gasteiger partial charge in [0.15, 0.2) is 0 Å². The molecular weight excluding hydrogens is 250 g/mol. The van der Waals surface area contributed by atoms with E-state index in [0.717, 1.165) is 16.7 Å². The van der Waals surface area contributed by atoms with Gasteiger partial charge in [-0.25, -0.2) is 0 Å². The Morgan fingerprint density at radius 3 is 2.76 bits per heavy atom. The summed E-state index contributed by atoms with van der Waals surface area (Å²) in [6, 6.07) is 6.41. The van der Waals surface area contributed by atoms with Gasteiger partial charge < -0.3 is 5.73 Å². The fourth-order valence-corrected chi connectivity index (χ4v) is 4.00. The van der Waals surface area contributed by atoms with Crippen LogP contribution in [0.2, 0.25) is 5.02 Å². The molecule has 1 aromatic rings. The molecule has 1 unspecified atom stereocenters. The summed E-state index contributed by atoms with van der Waals surface area (Å²) in [6.07, 6.45) is 6.37. The summed E-state index contributed by atoms with van der Waals surface area (Å²) >= 11 is 8.09. The molecule has 0 bridgehead atoms. The molecule has 0 heterocycles. The van der Waals surface area contributed by atoms with Gasteiger partial charge >= 0.3 is 0 Å². The van der Waals surface area contributed by atoms with Crippen molar-refractivity contribution in [1.29, 1.82) is 0 Å². The van der Waals surface area contributed by atoms with Crippen molar-refractivity contribution in [3.8, 4) is 0 Å². The molecule has 94 valence electrons. The second-order valence-corrected chi connectivity index (χ2v) is 6.74. The number of thioether (sulfide) groups is 1. The van der Waals surface area contributed by atoms with Gasteiger partial charge in [-0.1, -0.05) is 30.5 Å². The molecule has 1 aliphatic carbocycles. The van der Waals surface area contributed by atoms with Gasteiger partial charge in [0.25, 0.3) is 0 Å². The van der Waals surface area contributed by atoms with Crippen molar-refractivity contribution in [2.24, 2.45) is 5.73 Å². The smallest absolute Gasteiger partial charge is 0.0417 e. The number of benzene rings is 1. The predicted octanol–water partition coefficient (Wildman–Crippen LogP) is 4.26. The van der Waals surface area contributed by atoms with E-state index in [4.69, 9.17) is 17.3 Å². The average Bonchev–Trinajstić information content (AvgIpc) is 2.74. The number of hydrogen-bond acceptors (Lipinski definition) is 2. The Kier molecular flexibility index (Phi) is 4.78. The minimum atomic E-state index is 0.208. The lowest BCUT2D eigenvalue weighted by Crippen LogP contribution is -2.18. The lowest BCUT2D eigenvalue weighted by molar-refractivity contribution is 0.729. The highest BCUT2D eigenvalue weighted by atomic mass is 35.5. The summed E-state index contributed by atoms with van der Waals surface area (Å²) in [4.78, 5) is 1.33. The molecule has 1 nitrogen and oxygen atoms in total. The van der Waals surface area contributed by atoms with Crippen molar-refractivity contribution in [3.63, 3.8) is 0 Å². The Balaban J connectivity index is 2.13. The Bertz CT molecular complexity index is 372. The van der Waals surface area contributed by atoms with Crippen molar-refractivity contribution in [2.45, 2.75) is 55.2 Å². The van der Waals surface area contributed by atoms with E-state index >= 15 is 0 Å². The SMILES string of the molecule is CC(N)Cc1ccc(Cl)cc1SC1CCCC1. The highest BCUT2D eigenvalue weighted by molar-refractivity contribution is 8.00. The van der Waals surface area contributed by atoms with Gasteiger partial charge in [0.05, 0.1) is 0 Å². The van der Waals surface area contributed by atoms with Crippen LogP contribution in [-0.4, -0.2) is 11.3 Å². The van der Waals surface area contributed by atoms with Gasteiger partial charge in [-0.3, -0.25) is 0 Å². The first-order valence-corrected chi connectivity index (χ1v) is 7.61.